The highest BCUT2D eigenvalue weighted by Crippen LogP contribution is 2.20. The van der Waals surface area contributed by atoms with E-state index in [9.17, 15) is 4.79 Å². The van der Waals surface area contributed by atoms with Crippen LogP contribution in [0.25, 0.3) is 0 Å². The van der Waals surface area contributed by atoms with Crippen LogP contribution in [0, 0.1) is 13.8 Å². The largest absolute Gasteiger partial charge is 0.444 e. The molecule has 1 aromatic rings. The second kappa shape index (κ2) is 7.97. The molecule has 0 aromatic carbocycles. The van der Waals surface area contributed by atoms with E-state index in [1.54, 1.807) is 4.90 Å². The van der Waals surface area contributed by atoms with Gasteiger partial charge < -0.3 is 15.0 Å². The van der Waals surface area contributed by atoms with Crippen molar-refractivity contribution in [2.75, 3.05) is 13.1 Å². The summed E-state index contributed by atoms with van der Waals surface area (Å²) >= 11 is 1.83. The molecule has 1 N–H and O–H groups in total. The first-order valence-electron chi connectivity index (χ1n) is 7.86. The molecular formula is C17H30N2O2S. The zero-order chi connectivity index (χ0) is 16.9. The number of hydrogen-bond acceptors (Lipinski definition) is 4. The minimum Gasteiger partial charge on any atom is -0.444 e. The van der Waals surface area contributed by atoms with Crippen molar-refractivity contribution in [3.63, 3.8) is 0 Å². The Labute approximate surface area is 138 Å². The second-order valence-corrected chi connectivity index (χ2v) is 8.34. The number of amides is 1. The van der Waals surface area contributed by atoms with E-state index in [0.717, 1.165) is 13.1 Å². The summed E-state index contributed by atoms with van der Waals surface area (Å²) in [5.41, 5.74) is 0.888. The SMILES string of the molecule is Cc1cc(CNCCN(C(=O)OC(C)(C)C)C(C)C)c(C)s1. The fourth-order valence-electron chi connectivity index (χ4n) is 2.16. The Morgan fingerprint density at radius 2 is 2.00 bits per heavy atom. The van der Waals surface area contributed by atoms with Crippen LogP contribution in [0.1, 0.15) is 49.9 Å². The van der Waals surface area contributed by atoms with Gasteiger partial charge in [0.1, 0.15) is 5.60 Å². The lowest BCUT2D eigenvalue weighted by Crippen LogP contribution is -2.44. The Morgan fingerprint density at radius 1 is 1.36 bits per heavy atom. The molecule has 0 bridgehead atoms. The molecule has 22 heavy (non-hydrogen) atoms. The van der Waals surface area contributed by atoms with E-state index in [1.807, 2.05) is 46.0 Å². The summed E-state index contributed by atoms with van der Waals surface area (Å²) in [6.45, 7) is 16.2. The smallest absolute Gasteiger partial charge is 0.410 e. The van der Waals surface area contributed by atoms with Crippen molar-refractivity contribution in [1.82, 2.24) is 10.2 Å². The molecule has 0 fully saturated rings. The van der Waals surface area contributed by atoms with E-state index >= 15 is 0 Å². The maximum absolute atomic E-state index is 12.2. The number of thiophene rings is 1. The molecule has 4 nitrogen and oxygen atoms in total. The third-order valence-electron chi connectivity index (χ3n) is 3.24. The lowest BCUT2D eigenvalue weighted by Gasteiger charge is -2.30. The van der Waals surface area contributed by atoms with Gasteiger partial charge in [0.2, 0.25) is 0 Å². The Balaban J connectivity index is 2.45. The minimum absolute atomic E-state index is 0.127. The van der Waals surface area contributed by atoms with E-state index in [4.69, 9.17) is 4.74 Å². The van der Waals surface area contributed by atoms with E-state index in [-0.39, 0.29) is 12.1 Å². The van der Waals surface area contributed by atoms with Gasteiger partial charge in [-0.2, -0.15) is 0 Å². The highest BCUT2D eigenvalue weighted by Gasteiger charge is 2.23. The molecule has 1 amide bonds. The van der Waals surface area contributed by atoms with Gasteiger partial charge in [-0.05, 0) is 60.1 Å². The van der Waals surface area contributed by atoms with Crippen LogP contribution in [0.4, 0.5) is 4.79 Å². The van der Waals surface area contributed by atoms with E-state index in [1.165, 1.54) is 15.3 Å². The third kappa shape index (κ3) is 6.36. The summed E-state index contributed by atoms with van der Waals surface area (Å²) in [6.07, 6.45) is -0.244. The maximum atomic E-state index is 12.2. The van der Waals surface area contributed by atoms with Crippen LogP contribution in [-0.4, -0.2) is 35.7 Å². The summed E-state index contributed by atoms with van der Waals surface area (Å²) in [7, 11) is 0. The summed E-state index contributed by atoms with van der Waals surface area (Å²) in [4.78, 5) is 16.7. The molecule has 5 heteroatoms. The van der Waals surface area contributed by atoms with Crippen LogP contribution in [0.15, 0.2) is 6.07 Å². The van der Waals surface area contributed by atoms with Crippen LogP contribution in [0.5, 0.6) is 0 Å². The van der Waals surface area contributed by atoms with Gasteiger partial charge in [-0.1, -0.05) is 0 Å². The number of ether oxygens (including phenoxy) is 1. The Kier molecular flexibility index (Phi) is 6.88. The topological polar surface area (TPSA) is 41.6 Å². The number of carbonyl (C=O) groups is 1. The van der Waals surface area contributed by atoms with Gasteiger partial charge in [0.25, 0.3) is 0 Å². The van der Waals surface area contributed by atoms with Gasteiger partial charge in [0.05, 0.1) is 0 Å². The first kappa shape index (κ1) is 19.0. The second-order valence-electron chi connectivity index (χ2n) is 6.88. The average molecular weight is 327 g/mol. The predicted octanol–water partition coefficient (Wildman–Crippen LogP) is 4.10. The summed E-state index contributed by atoms with van der Waals surface area (Å²) in [5.74, 6) is 0. The highest BCUT2D eigenvalue weighted by molar-refractivity contribution is 7.12. The van der Waals surface area contributed by atoms with Gasteiger partial charge in [0.15, 0.2) is 0 Å². The van der Waals surface area contributed by atoms with Gasteiger partial charge >= 0.3 is 6.09 Å². The number of nitrogens with one attached hydrogen (secondary N) is 1. The van der Waals surface area contributed by atoms with Crippen molar-refractivity contribution >= 4 is 17.4 Å². The van der Waals surface area contributed by atoms with E-state index in [0.29, 0.717) is 6.54 Å². The quantitative estimate of drug-likeness (QED) is 0.800. The molecule has 1 aromatic heterocycles. The zero-order valence-electron chi connectivity index (χ0n) is 14.9. The number of carbonyl (C=O) groups excluding carboxylic acids is 1. The van der Waals surface area contributed by atoms with Crippen LogP contribution >= 0.6 is 11.3 Å². The van der Waals surface area contributed by atoms with E-state index in [2.05, 4.69) is 25.2 Å². The Morgan fingerprint density at radius 3 is 2.45 bits per heavy atom. The predicted molar refractivity (Wildman–Crippen MR) is 93.6 cm³/mol. The molecule has 1 heterocycles. The zero-order valence-corrected chi connectivity index (χ0v) is 15.8. The Hall–Kier alpha value is -1.07. The fraction of sp³-hybridized carbons (Fsp3) is 0.706. The molecule has 0 aliphatic rings. The van der Waals surface area contributed by atoms with Crippen LogP contribution in [-0.2, 0) is 11.3 Å². The number of rotatable bonds is 6. The van der Waals surface area contributed by atoms with Gasteiger partial charge in [0, 0.05) is 35.4 Å². The maximum Gasteiger partial charge on any atom is 0.410 e. The molecule has 0 atom stereocenters. The molecule has 0 aliphatic carbocycles. The number of aryl methyl sites for hydroxylation is 2. The van der Waals surface area contributed by atoms with Crippen molar-refractivity contribution in [1.29, 1.82) is 0 Å². The third-order valence-corrected chi connectivity index (χ3v) is 4.25. The monoisotopic (exact) mass is 326 g/mol. The molecule has 0 aliphatic heterocycles. The average Bonchev–Trinajstić information content (AvgIpc) is 2.64. The molecule has 126 valence electrons. The summed E-state index contributed by atoms with van der Waals surface area (Å²) in [5, 5.41) is 3.42. The normalized spacial score (nSPS) is 11.8. The van der Waals surface area contributed by atoms with Crippen molar-refractivity contribution in [3.05, 3.63) is 21.4 Å². The first-order valence-corrected chi connectivity index (χ1v) is 8.68. The molecular weight excluding hydrogens is 296 g/mol. The lowest BCUT2D eigenvalue weighted by atomic mass is 10.2. The van der Waals surface area contributed by atoms with Crippen molar-refractivity contribution in [3.8, 4) is 0 Å². The molecule has 0 saturated heterocycles. The molecule has 0 radical (unpaired) electrons. The van der Waals surface area contributed by atoms with Crippen molar-refractivity contribution in [2.24, 2.45) is 0 Å². The fourth-order valence-corrected chi connectivity index (χ4v) is 3.11. The van der Waals surface area contributed by atoms with Crippen LogP contribution in [0.3, 0.4) is 0 Å². The van der Waals surface area contributed by atoms with Gasteiger partial charge in [-0.3, -0.25) is 0 Å². The number of hydrogen-bond donors (Lipinski definition) is 1. The Bertz CT molecular complexity index is 489. The first-order chi connectivity index (χ1) is 10.1. The van der Waals surface area contributed by atoms with E-state index < -0.39 is 5.60 Å². The van der Waals surface area contributed by atoms with Crippen LogP contribution in [0.2, 0.25) is 0 Å². The minimum atomic E-state index is -0.455. The lowest BCUT2D eigenvalue weighted by molar-refractivity contribution is 0.0193. The molecule has 0 saturated carbocycles. The molecule has 0 unspecified atom stereocenters. The summed E-state index contributed by atoms with van der Waals surface area (Å²) in [6, 6.07) is 2.35. The van der Waals surface area contributed by atoms with Gasteiger partial charge in [-0.15, -0.1) is 11.3 Å². The molecule has 0 spiro atoms. The molecule has 1 rings (SSSR count). The number of nitrogens with zero attached hydrogens (tertiary/aromatic N) is 1. The van der Waals surface area contributed by atoms with Crippen LogP contribution < -0.4 is 5.32 Å². The van der Waals surface area contributed by atoms with Crippen molar-refractivity contribution < 1.29 is 9.53 Å². The van der Waals surface area contributed by atoms with Gasteiger partial charge in [-0.25, -0.2) is 4.79 Å². The van der Waals surface area contributed by atoms with Crippen molar-refractivity contribution in [2.45, 2.75) is 66.7 Å². The standard InChI is InChI=1S/C17H30N2O2S/c1-12(2)19(16(20)21-17(5,6)7)9-8-18-11-15-10-13(3)22-14(15)4/h10,12,18H,8-9,11H2,1-7H3. The summed E-state index contributed by atoms with van der Waals surface area (Å²) < 4.78 is 5.46. The highest BCUT2D eigenvalue weighted by atomic mass is 32.1.